The van der Waals surface area contributed by atoms with Gasteiger partial charge in [0.05, 0.1) is 6.61 Å². The van der Waals surface area contributed by atoms with Crippen molar-refractivity contribution in [1.29, 1.82) is 0 Å². The Kier molecular flexibility index (Phi) is 4.47. The highest BCUT2D eigenvalue weighted by molar-refractivity contribution is 5.29. The number of benzene rings is 1. The van der Waals surface area contributed by atoms with E-state index in [-0.39, 0.29) is 0 Å². The van der Waals surface area contributed by atoms with Crippen molar-refractivity contribution in [3.8, 4) is 5.75 Å². The van der Waals surface area contributed by atoms with Crippen molar-refractivity contribution < 1.29 is 4.74 Å². The Balaban J connectivity index is 2.71. The monoisotopic (exact) mass is 193 g/mol. The van der Waals surface area contributed by atoms with Crippen LogP contribution in [-0.4, -0.2) is 13.2 Å². The van der Waals surface area contributed by atoms with Crippen LogP contribution in [0.2, 0.25) is 0 Å². The lowest BCUT2D eigenvalue weighted by atomic mass is 9.97. The van der Waals surface area contributed by atoms with Crippen LogP contribution >= 0.6 is 0 Å². The molecule has 0 bridgehead atoms. The standard InChI is InChI=1S/C12H19NO/c1-3-10(9-13)11-5-7-12(8-6-11)14-4-2/h5-8,10H,3-4,9,13H2,1-2H3. The molecule has 2 N–H and O–H groups in total. The molecule has 1 aromatic rings. The van der Waals surface area contributed by atoms with Crippen LogP contribution in [-0.2, 0) is 0 Å². The van der Waals surface area contributed by atoms with Crippen LogP contribution in [0.25, 0.3) is 0 Å². The first-order valence-electron chi connectivity index (χ1n) is 5.24. The fourth-order valence-corrected chi connectivity index (χ4v) is 1.54. The van der Waals surface area contributed by atoms with E-state index in [2.05, 4.69) is 19.1 Å². The van der Waals surface area contributed by atoms with E-state index < -0.39 is 0 Å². The van der Waals surface area contributed by atoms with E-state index in [1.807, 2.05) is 19.1 Å². The first kappa shape index (κ1) is 11.1. The van der Waals surface area contributed by atoms with E-state index in [0.29, 0.717) is 19.1 Å². The number of hydrogen-bond donors (Lipinski definition) is 1. The van der Waals surface area contributed by atoms with Gasteiger partial charge in [0, 0.05) is 0 Å². The summed E-state index contributed by atoms with van der Waals surface area (Å²) in [5.74, 6) is 1.41. The summed E-state index contributed by atoms with van der Waals surface area (Å²) < 4.78 is 5.38. The lowest BCUT2D eigenvalue weighted by Crippen LogP contribution is -2.11. The molecule has 0 amide bonds. The van der Waals surface area contributed by atoms with Gasteiger partial charge in [-0.25, -0.2) is 0 Å². The molecule has 0 aromatic heterocycles. The molecule has 1 atom stereocenters. The molecule has 0 saturated carbocycles. The summed E-state index contributed by atoms with van der Waals surface area (Å²) in [5, 5.41) is 0. The molecule has 0 aliphatic rings. The van der Waals surface area contributed by atoms with Gasteiger partial charge in [-0.3, -0.25) is 0 Å². The van der Waals surface area contributed by atoms with Gasteiger partial charge in [0.2, 0.25) is 0 Å². The van der Waals surface area contributed by atoms with Crippen molar-refractivity contribution >= 4 is 0 Å². The molecule has 78 valence electrons. The highest BCUT2D eigenvalue weighted by Crippen LogP contribution is 2.21. The van der Waals surface area contributed by atoms with E-state index in [9.17, 15) is 0 Å². The topological polar surface area (TPSA) is 35.2 Å². The maximum Gasteiger partial charge on any atom is 0.119 e. The van der Waals surface area contributed by atoms with Crippen molar-refractivity contribution in [3.05, 3.63) is 29.8 Å². The van der Waals surface area contributed by atoms with Gasteiger partial charge >= 0.3 is 0 Å². The molecule has 0 aliphatic carbocycles. The molecule has 2 nitrogen and oxygen atoms in total. The normalized spacial score (nSPS) is 12.5. The Hall–Kier alpha value is -1.02. The molecule has 2 heteroatoms. The SMILES string of the molecule is CCOc1ccc(C(CC)CN)cc1. The van der Waals surface area contributed by atoms with Crippen LogP contribution in [0.15, 0.2) is 24.3 Å². The summed E-state index contributed by atoms with van der Waals surface area (Å²) in [6, 6.07) is 8.23. The Bertz CT molecular complexity index is 252. The number of hydrogen-bond acceptors (Lipinski definition) is 2. The van der Waals surface area contributed by atoms with E-state index in [4.69, 9.17) is 10.5 Å². The number of rotatable bonds is 5. The summed E-state index contributed by atoms with van der Waals surface area (Å²) >= 11 is 0. The van der Waals surface area contributed by atoms with Crippen LogP contribution in [0, 0.1) is 0 Å². The summed E-state index contributed by atoms with van der Waals surface area (Å²) in [4.78, 5) is 0. The molecule has 1 unspecified atom stereocenters. The maximum absolute atomic E-state index is 5.68. The van der Waals surface area contributed by atoms with E-state index in [0.717, 1.165) is 12.2 Å². The zero-order chi connectivity index (χ0) is 10.4. The summed E-state index contributed by atoms with van der Waals surface area (Å²) in [7, 11) is 0. The third kappa shape index (κ3) is 2.74. The van der Waals surface area contributed by atoms with E-state index in [1.54, 1.807) is 0 Å². The molecular formula is C12H19NO. The van der Waals surface area contributed by atoms with Crippen LogP contribution < -0.4 is 10.5 Å². The van der Waals surface area contributed by atoms with Crippen molar-refractivity contribution in [2.24, 2.45) is 5.73 Å². The van der Waals surface area contributed by atoms with Crippen LogP contribution in [0.1, 0.15) is 31.7 Å². The highest BCUT2D eigenvalue weighted by Gasteiger charge is 2.06. The molecule has 0 heterocycles. The zero-order valence-electron chi connectivity index (χ0n) is 8.99. The van der Waals surface area contributed by atoms with Gasteiger partial charge < -0.3 is 10.5 Å². The van der Waals surface area contributed by atoms with Crippen molar-refractivity contribution in [3.63, 3.8) is 0 Å². The minimum Gasteiger partial charge on any atom is -0.494 e. The lowest BCUT2D eigenvalue weighted by molar-refractivity contribution is 0.340. The number of ether oxygens (including phenoxy) is 1. The molecule has 1 aromatic carbocycles. The number of nitrogens with two attached hydrogens (primary N) is 1. The predicted molar refractivity (Wildman–Crippen MR) is 59.7 cm³/mol. The zero-order valence-corrected chi connectivity index (χ0v) is 8.99. The lowest BCUT2D eigenvalue weighted by Gasteiger charge is -2.13. The summed E-state index contributed by atoms with van der Waals surface area (Å²) in [6.07, 6.45) is 1.09. The van der Waals surface area contributed by atoms with Gasteiger partial charge in [-0.15, -0.1) is 0 Å². The van der Waals surface area contributed by atoms with Gasteiger partial charge in [-0.2, -0.15) is 0 Å². The van der Waals surface area contributed by atoms with Gasteiger partial charge in [-0.1, -0.05) is 19.1 Å². The highest BCUT2D eigenvalue weighted by atomic mass is 16.5. The fraction of sp³-hybridized carbons (Fsp3) is 0.500. The first-order valence-corrected chi connectivity index (χ1v) is 5.24. The van der Waals surface area contributed by atoms with Gasteiger partial charge in [0.15, 0.2) is 0 Å². The second kappa shape index (κ2) is 5.66. The largest absolute Gasteiger partial charge is 0.494 e. The third-order valence-corrected chi connectivity index (χ3v) is 2.44. The van der Waals surface area contributed by atoms with Gasteiger partial charge in [-0.05, 0) is 43.5 Å². The first-order chi connectivity index (χ1) is 6.81. The minimum atomic E-state index is 0.477. The smallest absolute Gasteiger partial charge is 0.119 e. The molecule has 1 rings (SSSR count). The minimum absolute atomic E-state index is 0.477. The third-order valence-electron chi connectivity index (χ3n) is 2.44. The van der Waals surface area contributed by atoms with E-state index in [1.165, 1.54) is 5.56 Å². The van der Waals surface area contributed by atoms with Crippen LogP contribution in [0.3, 0.4) is 0 Å². The Labute approximate surface area is 86.1 Å². The molecular weight excluding hydrogens is 174 g/mol. The summed E-state index contributed by atoms with van der Waals surface area (Å²) in [6.45, 7) is 5.58. The molecule has 0 radical (unpaired) electrons. The van der Waals surface area contributed by atoms with Crippen LogP contribution in [0.5, 0.6) is 5.75 Å². The molecule has 0 fully saturated rings. The van der Waals surface area contributed by atoms with Gasteiger partial charge in [0.1, 0.15) is 5.75 Å². The van der Waals surface area contributed by atoms with Gasteiger partial charge in [0.25, 0.3) is 0 Å². The van der Waals surface area contributed by atoms with Crippen LogP contribution in [0.4, 0.5) is 0 Å². The molecule has 0 saturated heterocycles. The predicted octanol–water partition coefficient (Wildman–Crippen LogP) is 2.54. The van der Waals surface area contributed by atoms with Crippen molar-refractivity contribution in [2.45, 2.75) is 26.2 Å². The Morgan fingerprint density at radius 3 is 2.29 bits per heavy atom. The average molecular weight is 193 g/mol. The second-order valence-corrected chi connectivity index (χ2v) is 3.34. The average Bonchev–Trinajstić information content (AvgIpc) is 2.23. The molecule has 0 spiro atoms. The quantitative estimate of drug-likeness (QED) is 0.780. The summed E-state index contributed by atoms with van der Waals surface area (Å²) in [5.41, 5.74) is 6.98. The Morgan fingerprint density at radius 1 is 1.21 bits per heavy atom. The van der Waals surface area contributed by atoms with Crippen molar-refractivity contribution in [2.75, 3.05) is 13.2 Å². The maximum atomic E-state index is 5.68. The van der Waals surface area contributed by atoms with E-state index >= 15 is 0 Å². The molecule has 0 aliphatic heterocycles. The Morgan fingerprint density at radius 2 is 1.86 bits per heavy atom. The second-order valence-electron chi connectivity index (χ2n) is 3.34. The fourth-order valence-electron chi connectivity index (χ4n) is 1.54. The van der Waals surface area contributed by atoms with Crippen molar-refractivity contribution in [1.82, 2.24) is 0 Å². The molecule has 14 heavy (non-hydrogen) atoms.